The van der Waals surface area contributed by atoms with Crippen molar-refractivity contribution < 1.29 is 14.4 Å². The summed E-state index contributed by atoms with van der Waals surface area (Å²) in [6.07, 6.45) is 5.42. The van der Waals surface area contributed by atoms with Gasteiger partial charge in [-0.05, 0) is 49.1 Å². The Kier molecular flexibility index (Phi) is 3.00. The first kappa shape index (κ1) is 14.9. The summed E-state index contributed by atoms with van der Waals surface area (Å²) in [7, 11) is 0. The lowest BCUT2D eigenvalue weighted by atomic mass is 9.63. The number of hydrogen-bond acceptors (Lipinski definition) is 3. The standard InChI is InChI=1S/C20H20N2O3/c1-10-2-4-11(5-3-10)21-16(23)9-22-19(24)17-12-6-7-13(15-8-14(12)15)18(17)20(22)25/h2-7,12-15,17-18H,8-9H2,1H3,(H,21,23)/t12-,13-,14-,15-,17+,18+/m1/s1. The highest BCUT2D eigenvalue weighted by Gasteiger charge is 2.67. The van der Waals surface area contributed by atoms with Crippen molar-refractivity contribution in [3.05, 3.63) is 42.0 Å². The summed E-state index contributed by atoms with van der Waals surface area (Å²) in [4.78, 5) is 39.2. The fraction of sp³-hybridized carbons (Fsp3) is 0.450. The van der Waals surface area contributed by atoms with Gasteiger partial charge in [0.25, 0.3) is 0 Å². The van der Waals surface area contributed by atoms with E-state index in [1.165, 1.54) is 4.90 Å². The van der Waals surface area contributed by atoms with E-state index in [9.17, 15) is 14.4 Å². The molecular weight excluding hydrogens is 316 g/mol. The second-order valence-electron chi connectivity index (χ2n) is 7.83. The zero-order valence-corrected chi connectivity index (χ0v) is 14.0. The van der Waals surface area contributed by atoms with Crippen molar-refractivity contribution in [1.29, 1.82) is 0 Å². The van der Waals surface area contributed by atoms with Crippen LogP contribution in [0.1, 0.15) is 12.0 Å². The number of anilines is 1. The lowest BCUT2D eigenvalue weighted by Gasteiger charge is -2.37. The van der Waals surface area contributed by atoms with Crippen molar-refractivity contribution >= 4 is 23.4 Å². The number of aryl methyl sites for hydroxylation is 1. The van der Waals surface area contributed by atoms with Crippen LogP contribution in [0.3, 0.4) is 0 Å². The van der Waals surface area contributed by atoms with Gasteiger partial charge in [-0.1, -0.05) is 29.8 Å². The summed E-state index contributed by atoms with van der Waals surface area (Å²) in [5.74, 6) is 0.441. The SMILES string of the molecule is Cc1ccc(NC(=O)CN2C(=O)[C@H]3[C@@H]4C=C[C@H]([C@H]5C[C@H]45)[C@@H]3C2=O)cc1. The molecule has 1 heterocycles. The number of benzene rings is 1. The molecule has 0 radical (unpaired) electrons. The molecule has 6 rings (SSSR count). The summed E-state index contributed by atoms with van der Waals surface area (Å²) >= 11 is 0. The van der Waals surface area contributed by atoms with E-state index in [-0.39, 0.29) is 47.9 Å². The number of nitrogens with zero attached hydrogens (tertiary/aromatic N) is 1. The minimum atomic E-state index is -0.324. The Balaban J connectivity index is 1.32. The van der Waals surface area contributed by atoms with Gasteiger partial charge in [-0.3, -0.25) is 19.3 Å². The van der Waals surface area contributed by atoms with E-state index in [2.05, 4.69) is 17.5 Å². The van der Waals surface area contributed by atoms with Gasteiger partial charge in [-0.25, -0.2) is 0 Å². The average Bonchev–Trinajstić information content (AvgIpc) is 3.38. The van der Waals surface area contributed by atoms with Crippen LogP contribution in [0.5, 0.6) is 0 Å². The quantitative estimate of drug-likeness (QED) is 0.678. The highest BCUT2D eigenvalue weighted by molar-refractivity contribution is 6.09. The number of carbonyl (C=O) groups is 3. The smallest absolute Gasteiger partial charge is 0.244 e. The number of nitrogens with one attached hydrogen (secondary N) is 1. The molecule has 3 amide bonds. The molecule has 128 valence electrons. The Bertz CT molecular complexity index is 777. The molecule has 5 nitrogen and oxygen atoms in total. The highest BCUT2D eigenvalue weighted by Crippen LogP contribution is 2.65. The predicted molar refractivity (Wildman–Crippen MR) is 91.2 cm³/mol. The zero-order valence-electron chi connectivity index (χ0n) is 14.0. The normalized spacial score (nSPS) is 37.1. The monoisotopic (exact) mass is 336 g/mol. The van der Waals surface area contributed by atoms with Gasteiger partial charge < -0.3 is 5.32 Å². The molecule has 4 aliphatic carbocycles. The van der Waals surface area contributed by atoms with E-state index in [1.54, 1.807) is 0 Å². The molecular formula is C20H20N2O3. The third kappa shape index (κ3) is 2.11. The van der Waals surface area contributed by atoms with E-state index >= 15 is 0 Å². The lowest BCUT2D eigenvalue weighted by molar-refractivity contribution is -0.142. The average molecular weight is 336 g/mol. The number of likely N-dealkylation sites (tertiary alicyclic amines) is 1. The van der Waals surface area contributed by atoms with Gasteiger partial charge in [0.2, 0.25) is 17.7 Å². The van der Waals surface area contributed by atoms with Crippen LogP contribution in [-0.2, 0) is 14.4 Å². The minimum absolute atomic E-state index is 0.154. The third-order valence-electron chi connectivity index (χ3n) is 6.39. The lowest BCUT2D eigenvalue weighted by Crippen LogP contribution is -2.40. The predicted octanol–water partition coefficient (Wildman–Crippen LogP) is 1.99. The number of rotatable bonds is 3. The van der Waals surface area contributed by atoms with Gasteiger partial charge in [-0.2, -0.15) is 0 Å². The fourth-order valence-electron chi connectivity index (χ4n) is 5.16. The van der Waals surface area contributed by atoms with Gasteiger partial charge in [0.1, 0.15) is 6.54 Å². The van der Waals surface area contributed by atoms with Gasteiger partial charge >= 0.3 is 0 Å². The summed E-state index contributed by atoms with van der Waals surface area (Å²) in [5.41, 5.74) is 1.78. The van der Waals surface area contributed by atoms with Crippen molar-refractivity contribution in [2.45, 2.75) is 13.3 Å². The number of amides is 3. The van der Waals surface area contributed by atoms with Crippen LogP contribution in [0.25, 0.3) is 0 Å². The molecule has 3 fully saturated rings. The summed E-state index contributed by atoms with van der Waals surface area (Å²) < 4.78 is 0. The van der Waals surface area contributed by atoms with Crippen LogP contribution in [0.15, 0.2) is 36.4 Å². The molecule has 6 atom stereocenters. The van der Waals surface area contributed by atoms with E-state index in [1.807, 2.05) is 31.2 Å². The summed E-state index contributed by atoms with van der Waals surface area (Å²) in [5, 5.41) is 2.77. The van der Waals surface area contributed by atoms with Crippen LogP contribution < -0.4 is 5.32 Å². The molecule has 2 saturated carbocycles. The number of carbonyl (C=O) groups excluding carboxylic acids is 3. The maximum Gasteiger partial charge on any atom is 0.244 e. The second kappa shape index (κ2) is 5.04. The fourth-order valence-corrected chi connectivity index (χ4v) is 5.16. The van der Waals surface area contributed by atoms with Gasteiger partial charge in [0.15, 0.2) is 0 Å². The Morgan fingerprint density at radius 1 is 1.04 bits per heavy atom. The van der Waals surface area contributed by atoms with Gasteiger partial charge in [0.05, 0.1) is 11.8 Å². The largest absolute Gasteiger partial charge is 0.325 e. The van der Waals surface area contributed by atoms with Crippen molar-refractivity contribution in [3.8, 4) is 0 Å². The topological polar surface area (TPSA) is 66.5 Å². The number of imide groups is 1. The molecule has 0 unspecified atom stereocenters. The molecule has 0 spiro atoms. The molecule has 2 bridgehead atoms. The maximum absolute atomic E-state index is 12.8. The molecule has 0 aromatic heterocycles. The van der Waals surface area contributed by atoms with E-state index in [4.69, 9.17) is 0 Å². The van der Waals surface area contributed by atoms with Crippen LogP contribution in [-0.4, -0.2) is 29.2 Å². The highest BCUT2D eigenvalue weighted by atomic mass is 16.2. The molecule has 1 aliphatic heterocycles. The maximum atomic E-state index is 12.8. The van der Waals surface area contributed by atoms with Crippen molar-refractivity contribution in [2.75, 3.05) is 11.9 Å². The van der Waals surface area contributed by atoms with E-state index in [0.29, 0.717) is 17.5 Å². The second-order valence-corrected chi connectivity index (χ2v) is 7.83. The van der Waals surface area contributed by atoms with Gasteiger partial charge in [0, 0.05) is 5.69 Å². The van der Waals surface area contributed by atoms with E-state index in [0.717, 1.165) is 12.0 Å². The molecule has 25 heavy (non-hydrogen) atoms. The first-order chi connectivity index (χ1) is 12.0. The van der Waals surface area contributed by atoms with Crippen molar-refractivity contribution in [2.24, 2.45) is 35.5 Å². The molecule has 1 N–H and O–H groups in total. The Labute approximate surface area is 146 Å². The minimum Gasteiger partial charge on any atom is -0.325 e. The first-order valence-electron chi connectivity index (χ1n) is 8.94. The van der Waals surface area contributed by atoms with Crippen molar-refractivity contribution in [3.63, 3.8) is 0 Å². The Hall–Kier alpha value is -2.43. The van der Waals surface area contributed by atoms with Crippen LogP contribution in [0, 0.1) is 42.4 Å². The molecule has 1 saturated heterocycles. The van der Waals surface area contributed by atoms with Crippen LogP contribution >= 0.6 is 0 Å². The third-order valence-corrected chi connectivity index (χ3v) is 6.39. The van der Waals surface area contributed by atoms with Crippen LogP contribution in [0.2, 0.25) is 0 Å². The molecule has 5 aliphatic rings. The first-order valence-corrected chi connectivity index (χ1v) is 8.94. The number of hydrogen-bond donors (Lipinski definition) is 1. The molecule has 5 heteroatoms. The van der Waals surface area contributed by atoms with E-state index < -0.39 is 0 Å². The molecule has 1 aromatic carbocycles. The van der Waals surface area contributed by atoms with Gasteiger partial charge in [-0.15, -0.1) is 0 Å². The van der Waals surface area contributed by atoms with Crippen molar-refractivity contribution in [1.82, 2.24) is 4.90 Å². The summed E-state index contributed by atoms with van der Waals surface area (Å²) in [6.45, 7) is 1.79. The zero-order chi connectivity index (χ0) is 17.3. The molecule has 1 aromatic rings. The van der Waals surface area contributed by atoms with Crippen LogP contribution in [0.4, 0.5) is 5.69 Å². The Morgan fingerprint density at radius 2 is 1.60 bits per heavy atom. The number of allylic oxidation sites excluding steroid dienone is 2. The summed E-state index contributed by atoms with van der Waals surface area (Å²) in [6, 6.07) is 7.45. The Morgan fingerprint density at radius 3 is 2.16 bits per heavy atom.